The zero-order valence-electron chi connectivity index (χ0n) is 11.4. The summed E-state index contributed by atoms with van der Waals surface area (Å²) < 4.78 is 0.946. The molecule has 0 saturated carbocycles. The minimum atomic E-state index is -0.194. The Morgan fingerprint density at radius 3 is 2.90 bits per heavy atom. The molecular weight excluding hydrogens is 332 g/mol. The fourth-order valence-electron chi connectivity index (χ4n) is 2.29. The Morgan fingerprint density at radius 2 is 2.10 bits per heavy atom. The highest BCUT2D eigenvalue weighted by Crippen LogP contribution is 2.26. The molecule has 0 fully saturated rings. The van der Waals surface area contributed by atoms with E-state index >= 15 is 0 Å². The molecule has 0 bridgehead atoms. The third-order valence-corrected chi connectivity index (χ3v) is 4.37. The van der Waals surface area contributed by atoms with Crippen molar-refractivity contribution in [1.82, 2.24) is 0 Å². The van der Waals surface area contributed by atoms with Crippen LogP contribution in [0.5, 0.6) is 0 Å². The monoisotopic (exact) mass is 344 g/mol. The van der Waals surface area contributed by atoms with Gasteiger partial charge in [-0.1, -0.05) is 28.1 Å². The van der Waals surface area contributed by atoms with Crippen LogP contribution in [-0.2, 0) is 11.2 Å². The molecule has 106 valence electrons. The maximum absolute atomic E-state index is 12.3. The van der Waals surface area contributed by atoms with E-state index in [-0.39, 0.29) is 11.8 Å². The van der Waals surface area contributed by atoms with Crippen LogP contribution in [0, 0.1) is 6.92 Å². The molecule has 4 nitrogen and oxygen atoms in total. The number of carbonyl (C=O) groups excluding carboxylic acids is 2. The number of rotatable bonds is 2. The second-order valence-electron chi connectivity index (χ2n) is 4.96. The molecule has 2 aromatic carbocycles. The fourth-order valence-corrected chi connectivity index (χ4v) is 2.66. The van der Waals surface area contributed by atoms with Crippen LogP contribution in [0.1, 0.15) is 21.5 Å². The van der Waals surface area contributed by atoms with E-state index in [4.69, 9.17) is 0 Å². The first-order chi connectivity index (χ1) is 10.0. The lowest BCUT2D eigenvalue weighted by atomic mass is 10.1. The standard InChI is InChI=1S/C16H13BrN2O2/c1-9-12(17)3-2-4-13(9)19-16(21)11-6-5-10-8-15(20)18-14(10)7-11/h2-7H,8H2,1H3,(H,18,20)(H,19,21). The van der Waals surface area contributed by atoms with Crippen LogP contribution in [0.3, 0.4) is 0 Å². The van der Waals surface area contributed by atoms with Crippen molar-refractivity contribution in [2.75, 3.05) is 10.6 Å². The highest BCUT2D eigenvalue weighted by molar-refractivity contribution is 9.10. The number of hydrogen-bond acceptors (Lipinski definition) is 2. The minimum absolute atomic E-state index is 0.0367. The largest absolute Gasteiger partial charge is 0.326 e. The van der Waals surface area contributed by atoms with Crippen LogP contribution in [0.25, 0.3) is 0 Å². The van der Waals surface area contributed by atoms with Gasteiger partial charge in [0.1, 0.15) is 0 Å². The number of hydrogen-bond donors (Lipinski definition) is 2. The summed E-state index contributed by atoms with van der Waals surface area (Å²) in [4.78, 5) is 23.7. The van der Waals surface area contributed by atoms with Crippen molar-refractivity contribution in [3.05, 3.63) is 57.6 Å². The summed E-state index contributed by atoms with van der Waals surface area (Å²) in [5.74, 6) is -0.231. The lowest BCUT2D eigenvalue weighted by Gasteiger charge is -2.10. The van der Waals surface area contributed by atoms with Crippen molar-refractivity contribution in [3.8, 4) is 0 Å². The van der Waals surface area contributed by atoms with Gasteiger partial charge in [-0.25, -0.2) is 0 Å². The Morgan fingerprint density at radius 1 is 1.29 bits per heavy atom. The number of nitrogens with one attached hydrogen (secondary N) is 2. The summed E-state index contributed by atoms with van der Waals surface area (Å²) >= 11 is 3.44. The van der Waals surface area contributed by atoms with Crippen LogP contribution >= 0.6 is 15.9 Å². The van der Waals surface area contributed by atoms with Gasteiger partial charge in [-0.2, -0.15) is 0 Å². The molecular formula is C16H13BrN2O2. The smallest absolute Gasteiger partial charge is 0.255 e. The maximum Gasteiger partial charge on any atom is 0.255 e. The van der Waals surface area contributed by atoms with Gasteiger partial charge in [0, 0.05) is 21.4 Å². The van der Waals surface area contributed by atoms with E-state index in [2.05, 4.69) is 26.6 Å². The summed E-state index contributed by atoms with van der Waals surface area (Å²) in [5, 5.41) is 5.64. The molecule has 0 atom stereocenters. The summed E-state index contributed by atoms with van der Waals surface area (Å²) in [6, 6.07) is 10.9. The second-order valence-corrected chi connectivity index (χ2v) is 5.82. The number of carbonyl (C=O) groups is 2. The average molecular weight is 345 g/mol. The quantitative estimate of drug-likeness (QED) is 0.875. The van der Waals surface area contributed by atoms with Crippen LogP contribution < -0.4 is 10.6 Å². The van der Waals surface area contributed by atoms with Crippen molar-refractivity contribution < 1.29 is 9.59 Å². The molecule has 0 aromatic heterocycles. The van der Waals surface area contributed by atoms with Gasteiger partial charge < -0.3 is 10.6 Å². The maximum atomic E-state index is 12.3. The fraction of sp³-hybridized carbons (Fsp3) is 0.125. The number of fused-ring (bicyclic) bond motifs is 1. The number of halogens is 1. The second kappa shape index (κ2) is 5.33. The predicted octanol–water partition coefficient (Wildman–Crippen LogP) is 3.50. The van der Waals surface area contributed by atoms with Gasteiger partial charge in [0.05, 0.1) is 6.42 Å². The van der Waals surface area contributed by atoms with Crippen LogP contribution in [0.4, 0.5) is 11.4 Å². The number of anilines is 2. The van der Waals surface area contributed by atoms with Gasteiger partial charge >= 0.3 is 0 Å². The van der Waals surface area contributed by atoms with Gasteiger partial charge in [0.25, 0.3) is 5.91 Å². The Kier molecular flexibility index (Phi) is 3.51. The molecule has 0 unspecified atom stereocenters. The van der Waals surface area contributed by atoms with Crippen LogP contribution in [0.2, 0.25) is 0 Å². The van der Waals surface area contributed by atoms with Crippen molar-refractivity contribution >= 4 is 39.1 Å². The zero-order chi connectivity index (χ0) is 15.0. The lowest BCUT2D eigenvalue weighted by molar-refractivity contribution is -0.115. The Bertz CT molecular complexity index is 756. The average Bonchev–Trinajstić information content (AvgIpc) is 2.82. The molecule has 1 heterocycles. The lowest BCUT2D eigenvalue weighted by Crippen LogP contribution is -2.13. The van der Waals surface area contributed by atoms with E-state index in [1.165, 1.54) is 0 Å². The first-order valence-electron chi connectivity index (χ1n) is 6.54. The SMILES string of the molecule is Cc1c(Br)cccc1NC(=O)c1ccc2c(c1)NC(=O)C2. The number of benzene rings is 2. The Hall–Kier alpha value is -2.14. The zero-order valence-corrected chi connectivity index (χ0v) is 13.0. The molecule has 2 N–H and O–H groups in total. The highest BCUT2D eigenvalue weighted by Gasteiger charge is 2.19. The topological polar surface area (TPSA) is 58.2 Å². The third-order valence-electron chi connectivity index (χ3n) is 3.51. The molecule has 0 aliphatic carbocycles. The van der Waals surface area contributed by atoms with Crippen molar-refractivity contribution in [3.63, 3.8) is 0 Å². The highest BCUT2D eigenvalue weighted by atomic mass is 79.9. The molecule has 0 spiro atoms. The van der Waals surface area contributed by atoms with Gasteiger partial charge in [-0.3, -0.25) is 9.59 Å². The third kappa shape index (κ3) is 2.69. The molecule has 1 aliphatic heterocycles. The molecule has 21 heavy (non-hydrogen) atoms. The summed E-state index contributed by atoms with van der Waals surface area (Å²) in [6.07, 6.45) is 0.377. The molecule has 2 aromatic rings. The van der Waals surface area contributed by atoms with Gasteiger partial charge in [0.15, 0.2) is 0 Å². The van der Waals surface area contributed by atoms with Gasteiger partial charge in [-0.15, -0.1) is 0 Å². The van der Waals surface area contributed by atoms with Crippen molar-refractivity contribution in [2.45, 2.75) is 13.3 Å². The van der Waals surface area contributed by atoms with Crippen LogP contribution in [-0.4, -0.2) is 11.8 Å². The first-order valence-corrected chi connectivity index (χ1v) is 7.33. The first kappa shape index (κ1) is 13.8. The van der Waals surface area contributed by atoms with E-state index < -0.39 is 0 Å². The van der Waals surface area contributed by atoms with Crippen molar-refractivity contribution in [2.24, 2.45) is 0 Å². The van der Waals surface area contributed by atoms with E-state index in [1.54, 1.807) is 12.1 Å². The van der Waals surface area contributed by atoms with E-state index in [1.807, 2.05) is 31.2 Å². The Balaban J connectivity index is 1.85. The predicted molar refractivity (Wildman–Crippen MR) is 85.6 cm³/mol. The summed E-state index contributed by atoms with van der Waals surface area (Å²) in [6.45, 7) is 1.93. The van der Waals surface area contributed by atoms with E-state index in [0.717, 1.165) is 27.0 Å². The summed E-state index contributed by atoms with van der Waals surface area (Å²) in [5.41, 5.74) is 3.91. The molecule has 0 saturated heterocycles. The molecule has 2 amide bonds. The molecule has 3 rings (SSSR count). The van der Waals surface area contributed by atoms with Crippen molar-refractivity contribution in [1.29, 1.82) is 0 Å². The molecule has 5 heteroatoms. The minimum Gasteiger partial charge on any atom is -0.326 e. The molecule has 1 aliphatic rings. The number of amides is 2. The van der Waals surface area contributed by atoms with E-state index in [9.17, 15) is 9.59 Å². The van der Waals surface area contributed by atoms with E-state index in [0.29, 0.717) is 12.0 Å². The van der Waals surface area contributed by atoms with Gasteiger partial charge in [-0.05, 0) is 42.3 Å². The normalized spacial score (nSPS) is 12.8. The van der Waals surface area contributed by atoms with Gasteiger partial charge in [0.2, 0.25) is 5.91 Å². The summed E-state index contributed by atoms with van der Waals surface area (Å²) in [7, 11) is 0. The molecule has 0 radical (unpaired) electrons. The van der Waals surface area contributed by atoms with Crippen LogP contribution in [0.15, 0.2) is 40.9 Å². The Labute approximate surface area is 130 Å².